The molecule has 1 aliphatic heterocycles. The molecule has 1 amide bonds. The number of hydrogen-bond donors (Lipinski definition) is 0. The maximum Gasteiger partial charge on any atom is 0.416 e. The van der Waals surface area contributed by atoms with Crippen LogP contribution < -0.4 is 4.90 Å². The van der Waals surface area contributed by atoms with Gasteiger partial charge >= 0.3 is 12.1 Å². The Morgan fingerprint density at radius 1 is 1.43 bits per heavy atom. The normalized spacial score (nSPS) is 19.0. The van der Waals surface area contributed by atoms with Gasteiger partial charge < -0.3 is 9.64 Å². The summed E-state index contributed by atoms with van der Waals surface area (Å²) in [6.07, 6.45) is -4.56. The van der Waals surface area contributed by atoms with E-state index in [2.05, 4.69) is 4.74 Å². The average Bonchev–Trinajstić information content (AvgIpc) is 2.78. The van der Waals surface area contributed by atoms with Crippen LogP contribution in [0.3, 0.4) is 0 Å². The van der Waals surface area contributed by atoms with E-state index < -0.39 is 23.6 Å². The second-order valence-corrected chi connectivity index (χ2v) is 5.00. The molecule has 0 aliphatic carbocycles. The number of alkyl halides is 3. The maximum atomic E-state index is 12.6. The summed E-state index contributed by atoms with van der Waals surface area (Å²) in [6.45, 7) is 0.0383. The van der Waals surface area contributed by atoms with Gasteiger partial charge in [-0.2, -0.15) is 13.2 Å². The minimum atomic E-state index is -4.51. The molecule has 21 heavy (non-hydrogen) atoms. The van der Waals surface area contributed by atoms with Crippen molar-refractivity contribution in [2.24, 2.45) is 5.92 Å². The highest BCUT2D eigenvalue weighted by Gasteiger charge is 2.37. The molecule has 1 saturated heterocycles. The fourth-order valence-electron chi connectivity index (χ4n) is 2.17. The van der Waals surface area contributed by atoms with Crippen molar-refractivity contribution in [1.29, 1.82) is 0 Å². The number of carbonyl (C=O) groups is 2. The first-order valence-corrected chi connectivity index (χ1v) is 6.36. The first kappa shape index (κ1) is 15.6. The summed E-state index contributed by atoms with van der Waals surface area (Å²) in [5.74, 6) is -1.55. The van der Waals surface area contributed by atoms with Gasteiger partial charge in [0.1, 0.15) is 0 Å². The van der Waals surface area contributed by atoms with Crippen molar-refractivity contribution in [3.05, 3.63) is 28.8 Å². The third-order valence-corrected chi connectivity index (χ3v) is 3.53. The Bertz CT molecular complexity index is 589. The molecule has 1 atom stereocenters. The van der Waals surface area contributed by atoms with Crippen LogP contribution >= 0.6 is 11.6 Å². The average molecular weight is 322 g/mol. The summed E-state index contributed by atoms with van der Waals surface area (Å²) >= 11 is 5.83. The molecule has 0 radical (unpaired) electrons. The van der Waals surface area contributed by atoms with Crippen LogP contribution in [0.25, 0.3) is 0 Å². The van der Waals surface area contributed by atoms with Crippen LogP contribution in [0.2, 0.25) is 5.02 Å². The van der Waals surface area contributed by atoms with E-state index in [4.69, 9.17) is 11.6 Å². The Morgan fingerprint density at radius 3 is 2.62 bits per heavy atom. The van der Waals surface area contributed by atoms with Gasteiger partial charge in [0.25, 0.3) is 0 Å². The third kappa shape index (κ3) is 3.12. The number of carbonyl (C=O) groups excluding carboxylic acids is 2. The predicted octanol–water partition coefficient (Wildman–Crippen LogP) is 2.88. The number of methoxy groups -OCH3 is 1. The van der Waals surface area contributed by atoms with Crippen LogP contribution in [0, 0.1) is 5.92 Å². The van der Waals surface area contributed by atoms with Gasteiger partial charge in [-0.1, -0.05) is 11.6 Å². The highest BCUT2D eigenvalue weighted by molar-refractivity contribution is 6.34. The zero-order valence-corrected chi connectivity index (χ0v) is 11.7. The third-order valence-electron chi connectivity index (χ3n) is 3.23. The van der Waals surface area contributed by atoms with E-state index in [1.165, 1.54) is 12.0 Å². The zero-order valence-electron chi connectivity index (χ0n) is 10.9. The lowest BCUT2D eigenvalue weighted by atomic mass is 10.1. The summed E-state index contributed by atoms with van der Waals surface area (Å²) < 4.78 is 42.3. The van der Waals surface area contributed by atoms with Crippen molar-refractivity contribution in [3.8, 4) is 0 Å². The number of halogens is 4. The number of hydrogen-bond acceptors (Lipinski definition) is 3. The second-order valence-electron chi connectivity index (χ2n) is 4.59. The fourth-order valence-corrected chi connectivity index (χ4v) is 2.45. The molecular formula is C13H11ClF3NO3. The van der Waals surface area contributed by atoms with Gasteiger partial charge in [0, 0.05) is 13.0 Å². The molecule has 4 nitrogen and oxygen atoms in total. The second kappa shape index (κ2) is 5.55. The van der Waals surface area contributed by atoms with E-state index in [9.17, 15) is 22.8 Å². The Kier molecular flexibility index (Phi) is 4.13. The van der Waals surface area contributed by atoms with Crippen LogP contribution in [0.1, 0.15) is 12.0 Å². The molecule has 1 unspecified atom stereocenters. The molecule has 8 heteroatoms. The SMILES string of the molecule is COC(=O)C1CC(=O)N(c2ccc(C(F)(F)F)cc2Cl)C1. The number of esters is 1. The van der Waals surface area contributed by atoms with Crippen molar-refractivity contribution in [3.63, 3.8) is 0 Å². The summed E-state index contributed by atoms with van der Waals surface area (Å²) in [5.41, 5.74) is -0.742. The van der Waals surface area contributed by atoms with E-state index in [1.54, 1.807) is 0 Å². The summed E-state index contributed by atoms with van der Waals surface area (Å²) in [4.78, 5) is 24.5. The molecule has 1 aromatic carbocycles. The highest BCUT2D eigenvalue weighted by Crippen LogP contribution is 2.37. The van der Waals surface area contributed by atoms with Crippen LogP contribution in [0.4, 0.5) is 18.9 Å². The van der Waals surface area contributed by atoms with Crippen molar-refractivity contribution < 1.29 is 27.5 Å². The zero-order chi connectivity index (χ0) is 15.8. The highest BCUT2D eigenvalue weighted by atomic mass is 35.5. The van der Waals surface area contributed by atoms with Crippen molar-refractivity contribution >= 4 is 29.2 Å². The Balaban J connectivity index is 2.27. The van der Waals surface area contributed by atoms with E-state index in [0.717, 1.165) is 18.2 Å². The van der Waals surface area contributed by atoms with Gasteiger partial charge in [0.05, 0.1) is 29.3 Å². The van der Waals surface area contributed by atoms with Gasteiger partial charge in [-0.25, -0.2) is 0 Å². The first-order chi connectivity index (χ1) is 9.74. The number of nitrogens with zero attached hydrogens (tertiary/aromatic N) is 1. The molecule has 1 heterocycles. The quantitative estimate of drug-likeness (QED) is 0.787. The molecule has 1 aliphatic rings. The van der Waals surface area contributed by atoms with Crippen LogP contribution in [-0.4, -0.2) is 25.5 Å². The molecule has 1 fully saturated rings. The van der Waals surface area contributed by atoms with Gasteiger partial charge in [-0.15, -0.1) is 0 Å². The van der Waals surface area contributed by atoms with E-state index in [1.807, 2.05) is 0 Å². The van der Waals surface area contributed by atoms with Gasteiger partial charge in [0.15, 0.2) is 0 Å². The predicted molar refractivity (Wildman–Crippen MR) is 68.9 cm³/mol. The van der Waals surface area contributed by atoms with E-state index in [-0.39, 0.29) is 29.6 Å². The molecule has 0 saturated carbocycles. The monoisotopic (exact) mass is 321 g/mol. The summed E-state index contributed by atoms with van der Waals surface area (Å²) in [7, 11) is 1.21. The lowest BCUT2D eigenvalue weighted by Gasteiger charge is -2.19. The Hall–Kier alpha value is -1.76. The smallest absolute Gasteiger partial charge is 0.416 e. The number of ether oxygens (including phenoxy) is 1. The van der Waals surface area contributed by atoms with Crippen LogP contribution in [-0.2, 0) is 20.5 Å². The van der Waals surface area contributed by atoms with Gasteiger partial charge in [-0.3, -0.25) is 9.59 Å². The number of amides is 1. The molecule has 0 N–H and O–H groups in total. The van der Waals surface area contributed by atoms with Crippen molar-refractivity contribution in [2.45, 2.75) is 12.6 Å². The Labute approximate surface area is 123 Å². The molecule has 0 aromatic heterocycles. The van der Waals surface area contributed by atoms with Crippen LogP contribution in [0.5, 0.6) is 0 Å². The van der Waals surface area contributed by atoms with E-state index >= 15 is 0 Å². The number of anilines is 1. The van der Waals surface area contributed by atoms with Gasteiger partial charge in [0.2, 0.25) is 5.91 Å². The van der Waals surface area contributed by atoms with E-state index in [0.29, 0.717) is 0 Å². The summed E-state index contributed by atoms with van der Waals surface area (Å²) in [5, 5.41) is -0.191. The molecule has 0 spiro atoms. The standard InChI is InChI=1S/C13H11ClF3NO3/c1-21-12(20)7-4-11(19)18(6-7)10-3-2-8(5-9(10)14)13(15,16)17/h2-3,5,7H,4,6H2,1H3. The largest absolute Gasteiger partial charge is 0.469 e. The Morgan fingerprint density at radius 2 is 2.10 bits per heavy atom. The molecule has 0 bridgehead atoms. The topological polar surface area (TPSA) is 46.6 Å². The fraction of sp³-hybridized carbons (Fsp3) is 0.385. The number of benzene rings is 1. The van der Waals surface area contributed by atoms with Crippen molar-refractivity contribution in [2.75, 3.05) is 18.6 Å². The molecule has 114 valence electrons. The summed E-state index contributed by atoms with van der Waals surface area (Å²) in [6, 6.07) is 2.73. The molecule has 2 rings (SSSR count). The molecular weight excluding hydrogens is 311 g/mol. The number of rotatable bonds is 2. The van der Waals surface area contributed by atoms with Crippen molar-refractivity contribution in [1.82, 2.24) is 0 Å². The lowest BCUT2D eigenvalue weighted by molar-refractivity contribution is -0.145. The van der Waals surface area contributed by atoms with Crippen LogP contribution in [0.15, 0.2) is 18.2 Å². The maximum absolute atomic E-state index is 12.6. The minimum Gasteiger partial charge on any atom is -0.469 e. The molecule has 1 aromatic rings. The lowest BCUT2D eigenvalue weighted by Crippen LogP contribution is -2.26. The first-order valence-electron chi connectivity index (χ1n) is 5.99. The van der Waals surface area contributed by atoms with Gasteiger partial charge in [-0.05, 0) is 18.2 Å². The minimum absolute atomic E-state index is 0.0383.